The van der Waals surface area contributed by atoms with E-state index in [-0.39, 0.29) is 5.97 Å². The second-order valence-electron chi connectivity index (χ2n) is 5.40. The lowest BCUT2D eigenvalue weighted by atomic mass is 9.95. The molecule has 23 heavy (non-hydrogen) atoms. The number of carbonyl (C=O) groups excluding carboxylic acids is 1. The van der Waals surface area contributed by atoms with Gasteiger partial charge in [0.2, 0.25) is 0 Å². The molecule has 3 atom stereocenters. The van der Waals surface area contributed by atoms with Gasteiger partial charge < -0.3 is 4.74 Å². The molecule has 2 aromatic rings. The van der Waals surface area contributed by atoms with Gasteiger partial charge in [-0.3, -0.25) is 4.79 Å². The van der Waals surface area contributed by atoms with Crippen LogP contribution in [0.15, 0.2) is 59.5 Å². The van der Waals surface area contributed by atoms with Gasteiger partial charge in [0.15, 0.2) is 0 Å². The quantitative estimate of drug-likeness (QED) is 0.827. The molecule has 1 N–H and O–H groups in total. The minimum atomic E-state index is -1.42. The molecule has 0 spiro atoms. The third kappa shape index (κ3) is 4.50. The lowest BCUT2D eigenvalue weighted by Crippen LogP contribution is -2.33. The van der Waals surface area contributed by atoms with Crippen LogP contribution in [0.2, 0.25) is 0 Å². The van der Waals surface area contributed by atoms with Crippen LogP contribution in [-0.4, -0.2) is 17.3 Å². The Morgan fingerprint density at radius 2 is 1.70 bits per heavy atom. The van der Waals surface area contributed by atoms with Gasteiger partial charge in [0.25, 0.3) is 0 Å². The van der Waals surface area contributed by atoms with Gasteiger partial charge in [0.05, 0.1) is 24.0 Å². The summed E-state index contributed by atoms with van der Waals surface area (Å²) < 4.78 is 20.5. The van der Waals surface area contributed by atoms with Crippen molar-refractivity contribution in [3.05, 3.63) is 65.7 Å². The van der Waals surface area contributed by atoms with E-state index in [9.17, 15) is 9.00 Å². The maximum atomic E-state index is 12.6. The Kier molecular flexibility index (Phi) is 6.07. The van der Waals surface area contributed by atoms with Crippen molar-refractivity contribution < 1.29 is 13.7 Å². The lowest BCUT2D eigenvalue weighted by Gasteiger charge is -2.23. The Bertz CT molecular complexity index is 670. The molecule has 0 aromatic heterocycles. The van der Waals surface area contributed by atoms with E-state index < -0.39 is 22.9 Å². The van der Waals surface area contributed by atoms with Crippen LogP contribution in [0.1, 0.15) is 24.1 Å². The van der Waals surface area contributed by atoms with Gasteiger partial charge in [0.1, 0.15) is 11.0 Å². The molecule has 0 aliphatic carbocycles. The molecule has 0 unspecified atom stereocenters. The molecule has 122 valence electrons. The largest absolute Gasteiger partial charge is 0.469 e. The molecule has 0 heterocycles. The summed E-state index contributed by atoms with van der Waals surface area (Å²) in [6, 6.07) is 16.6. The van der Waals surface area contributed by atoms with Crippen molar-refractivity contribution in [1.29, 1.82) is 0 Å². The zero-order valence-electron chi connectivity index (χ0n) is 13.5. The van der Waals surface area contributed by atoms with Crippen molar-refractivity contribution in [3.8, 4) is 0 Å². The van der Waals surface area contributed by atoms with Gasteiger partial charge in [-0.1, -0.05) is 55.0 Å². The summed E-state index contributed by atoms with van der Waals surface area (Å²) in [6.45, 7) is 3.75. The van der Waals surface area contributed by atoms with Gasteiger partial charge in [-0.05, 0) is 24.6 Å². The number of nitrogens with one attached hydrogen (secondary N) is 1. The first-order valence-electron chi connectivity index (χ1n) is 7.40. The SMILES string of the molecule is COC(=O)[C@@H](C)[C@@H](N[S@@](=O)c1ccc(C)cc1)c1ccccc1. The first-order chi connectivity index (χ1) is 11.0. The standard InChI is InChI=1S/C18H21NO3S/c1-13-9-11-16(12-10-13)23(21)19-17(14(2)18(20)22-3)15-7-5-4-6-8-15/h4-12,14,17,19H,1-3H3/t14-,17+,23-/m0/s1. The predicted octanol–water partition coefficient (Wildman–Crippen LogP) is 3.16. The molecular weight excluding hydrogens is 310 g/mol. The first-order valence-corrected chi connectivity index (χ1v) is 8.55. The summed E-state index contributed by atoms with van der Waals surface area (Å²) in [5, 5.41) is 0. The maximum absolute atomic E-state index is 12.6. The van der Waals surface area contributed by atoms with Crippen LogP contribution in [0.25, 0.3) is 0 Å². The number of carbonyl (C=O) groups is 1. The van der Waals surface area contributed by atoms with Crippen LogP contribution >= 0.6 is 0 Å². The number of esters is 1. The van der Waals surface area contributed by atoms with Crippen LogP contribution in [0.3, 0.4) is 0 Å². The average molecular weight is 331 g/mol. The number of methoxy groups -OCH3 is 1. The fourth-order valence-electron chi connectivity index (χ4n) is 2.29. The summed E-state index contributed by atoms with van der Waals surface area (Å²) in [5.74, 6) is -0.802. The molecule has 0 fully saturated rings. The monoisotopic (exact) mass is 331 g/mol. The van der Waals surface area contributed by atoms with Crippen LogP contribution in [0.5, 0.6) is 0 Å². The number of rotatable bonds is 6. The normalized spacial score (nSPS) is 14.7. The highest BCUT2D eigenvalue weighted by Crippen LogP contribution is 2.24. The molecule has 0 amide bonds. The Morgan fingerprint density at radius 1 is 1.09 bits per heavy atom. The smallest absolute Gasteiger partial charge is 0.310 e. The van der Waals surface area contributed by atoms with E-state index in [1.54, 1.807) is 6.92 Å². The number of ether oxygens (including phenoxy) is 1. The van der Waals surface area contributed by atoms with Crippen LogP contribution < -0.4 is 4.72 Å². The lowest BCUT2D eigenvalue weighted by molar-refractivity contribution is -0.145. The Balaban J connectivity index is 2.25. The van der Waals surface area contributed by atoms with E-state index in [4.69, 9.17) is 4.74 Å². The molecule has 0 aliphatic rings. The second kappa shape index (κ2) is 8.04. The summed E-state index contributed by atoms with van der Waals surface area (Å²) >= 11 is 0. The summed E-state index contributed by atoms with van der Waals surface area (Å²) in [6.07, 6.45) is 0. The molecule has 0 saturated heterocycles. The summed E-state index contributed by atoms with van der Waals surface area (Å²) in [5.41, 5.74) is 2.00. The van der Waals surface area contributed by atoms with Crippen molar-refractivity contribution in [2.75, 3.05) is 7.11 Å². The minimum absolute atomic E-state index is 0.341. The Morgan fingerprint density at radius 3 is 2.26 bits per heavy atom. The average Bonchev–Trinajstić information content (AvgIpc) is 2.59. The zero-order chi connectivity index (χ0) is 16.8. The minimum Gasteiger partial charge on any atom is -0.469 e. The highest BCUT2D eigenvalue weighted by atomic mass is 32.2. The Hall–Kier alpha value is -1.98. The fraction of sp³-hybridized carbons (Fsp3) is 0.278. The van der Waals surface area contributed by atoms with Crippen molar-refractivity contribution in [3.63, 3.8) is 0 Å². The molecule has 0 radical (unpaired) electrons. The van der Waals surface area contributed by atoms with E-state index in [1.807, 2.05) is 61.5 Å². The van der Waals surface area contributed by atoms with E-state index >= 15 is 0 Å². The predicted molar refractivity (Wildman–Crippen MR) is 91.1 cm³/mol. The van der Waals surface area contributed by atoms with Gasteiger partial charge in [-0.25, -0.2) is 8.93 Å². The molecule has 5 heteroatoms. The second-order valence-corrected chi connectivity index (χ2v) is 6.64. The third-order valence-electron chi connectivity index (χ3n) is 3.70. The van der Waals surface area contributed by atoms with Crippen molar-refractivity contribution in [1.82, 2.24) is 4.72 Å². The number of aryl methyl sites for hydroxylation is 1. The van der Waals surface area contributed by atoms with Gasteiger partial charge in [-0.15, -0.1) is 0 Å². The summed E-state index contributed by atoms with van der Waals surface area (Å²) in [4.78, 5) is 12.6. The third-order valence-corrected chi connectivity index (χ3v) is 4.87. The van der Waals surface area contributed by atoms with Crippen LogP contribution in [-0.2, 0) is 20.5 Å². The fourth-order valence-corrected chi connectivity index (χ4v) is 3.38. The Labute approximate surface area is 139 Å². The van der Waals surface area contributed by atoms with Gasteiger partial charge in [0, 0.05) is 0 Å². The van der Waals surface area contributed by atoms with Crippen LogP contribution in [0, 0.1) is 12.8 Å². The first kappa shape index (κ1) is 17.4. The molecule has 2 aromatic carbocycles. The number of hydrogen-bond donors (Lipinski definition) is 1. The van der Waals surface area contributed by atoms with E-state index in [2.05, 4.69) is 4.72 Å². The maximum Gasteiger partial charge on any atom is 0.310 e. The van der Waals surface area contributed by atoms with E-state index in [0.717, 1.165) is 11.1 Å². The molecule has 0 saturated carbocycles. The van der Waals surface area contributed by atoms with E-state index in [1.165, 1.54) is 7.11 Å². The van der Waals surface area contributed by atoms with Crippen molar-refractivity contribution in [2.24, 2.45) is 5.92 Å². The molecule has 0 aliphatic heterocycles. The van der Waals surface area contributed by atoms with Gasteiger partial charge >= 0.3 is 5.97 Å². The molecule has 0 bridgehead atoms. The van der Waals surface area contributed by atoms with E-state index in [0.29, 0.717) is 4.90 Å². The molecule has 4 nitrogen and oxygen atoms in total. The molecule has 2 rings (SSSR count). The zero-order valence-corrected chi connectivity index (χ0v) is 14.3. The highest BCUT2D eigenvalue weighted by Gasteiger charge is 2.27. The van der Waals surface area contributed by atoms with Crippen molar-refractivity contribution in [2.45, 2.75) is 24.8 Å². The molecular formula is C18H21NO3S. The van der Waals surface area contributed by atoms with Crippen molar-refractivity contribution >= 4 is 17.0 Å². The summed E-state index contributed by atoms with van der Waals surface area (Å²) in [7, 11) is -0.0602. The highest BCUT2D eigenvalue weighted by molar-refractivity contribution is 7.83. The number of hydrogen-bond acceptors (Lipinski definition) is 3. The van der Waals surface area contributed by atoms with Gasteiger partial charge in [-0.2, -0.15) is 0 Å². The van der Waals surface area contributed by atoms with Crippen LogP contribution in [0.4, 0.5) is 0 Å². The number of benzene rings is 2. The topological polar surface area (TPSA) is 55.4 Å².